The third-order valence-corrected chi connectivity index (χ3v) is 2.98. The first-order valence-corrected chi connectivity index (χ1v) is 6.03. The van der Waals surface area contributed by atoms with Crippen LogP contribution in [0.25, 0.3) is 11.1 Å². The number of H-pyrrole nitrogens is 1. The summed E-state index contributed by atoms with van der Waals surface area (Å²) in [5, 5.41) is 18.3. The van der Waals surface area contributed by atoms with E-state index in [1.807, 2.05) is 6.07 Å². The molecule has 2 rings (SSSR count). The number of nitrogens with zero attached hydrogens (tertiary/aromatic N) is 1. The largest absolute Gasteiger partial charge is 0.497 e. The summed E-state index contributed by atoms with van der Waals surface area (Å²) in [6.45, 7) is 1.68. The molecule has 0 radical (unpaired) electrons. The Morgan fingerprint density at radius 3 is 2.62 bits per heavy atom. The van der Waals surface area contributed by atoms with Gasteiger partial charge in [0.05, 0.1) is 12.7 Å². The Morgan fingerprint density at radius 1 is 1.33 bits per heavy atom. The van der Waals surface area contributed by atoms with Gasteiger partial charge in [0, 0.05) is 11.3 Å². The number of pyridine rings is 1. The summed E-state index contributed by atoms with van der Waals surface area (Å²) in [5.41, 5.74) is 0.843. The van der Waals surface area contributed by atoms with Crippen LogP contribution in [0.1, 0.15) is 21.6 Å². The molecule has 0 aliphatic rings. The highest BCUT2D eigenvalue weighted by molar-refractivity contribution is 5.90. The first-order chi connectivity index (χ1) is 9.96. The number of aromatic carboxylic acids is 1. The summed E-state index contributed by atoms with van der Waals surface area (Å²) < 4.78 is 5.07. The number of carboxylic acid groups (broad SMARTS) is 1. The number of nitrogens with one attached hydrogen (secondary N) is 1. The van der Waals surface area contributed by atoms with Gasteiger partial charge in [-0.15, -0.1) is 0 Å². The molecule has 106 valence electrons. The smallest absolute Gasteiger partial charge is 0.335 e. The van der Waals surface area contributed by atoms with Crippen molar-refractivity contribution in [1.29, 1.82) is 5.26 Å². The van der Waals surface area contributed by atoms with E-state index in [1.54, 1.807) is 19.1 Å². The van der Waals surface area contributed by atoms with Gasteiger partial charge in [0.1, 0.15) is 17.4 Å². The number of carbonyl (C=O) groups is 1. The fraction of sp³-hybridized carbons (Fsp3) is 0.133. The van der Waals surface area contributed by atoms with E-state index in [0.717, 1.165) is 0 Å². The van der Waals surface area contributed by atoms with Gasteiger partial charge in [0.2, 0.25) is 0 Å². The van der Waals surface area contributed by atoms with Crippen molar-refractivity contribution in [1.82, 2.24) is 4.98 Å². The quantitative estimate of drug-likeness (QED) is 0.896. The van der Waals surface area contributed by atoms with E-state index in [1.165, 1.54) is 19.2 Å². The van der Waals surface area contributed by atoms with Crippen LogP contribution in [-0.4, -0.2) is 23.2 Å². The molecule has 0 saturated carbocycles. The van der Waals surface area contributed by atoms with Crippen molar-refractivity contribution in [3.05, 3.63) is 51.4 Å². The van der Waals surface area contributed by atoms with Crippen molar-refractivity contribution in [2.45, 2.75) is 6.92 Å². The minimum Gasteiger partial charge on any atom is -0.497 e. The number of aromatic amines is 1. The van der Waals surface area contributed by atoms with Crippen molar-refractivity contribution in [2.75, 3.05) is 7.11 Å². The fourth-order valence-electron chi connectivity index (χ4n) is 2.02. The Hall–Kier alpha value is -3.07. The van der Waals surface area contributed by atoms with E-state index in [4.69, 9.17) is 15.1 Å². The molecule has 2 N–H and O–H groups in total. The maximum Gasteiger partial charge on any atom is 0.335 e. The van der Waals surface area contributed by atoms with Crippen LogP contribution in [0.4, 0.5) is 0 Å². The molecule has 1 aromatic carbocycles. The monoisotopic (exact) mass is 284 g/mol. The van der Waals surface area contributed by atoms with Gasteiger partial charge in [-0.05, 0) is 36.8 Å². The molecule has 0 aliphatic heterocycles. The van der Waals surface area contributed by atoms with Crippen LogP contribution in [0.2, 0.25) is 0 Å². The van der Waals surface area contributed by atoms with Gasteiger partial charge >= 0.3 is 5.97 Å². The Morgan fingerprint density at radius 2 is 2.05 bits per heavy atom. The number of nitriles is 1. The number of benzene rings is 1. The lowest BCUT2D eigenvalue weighted by molar-refractivity contribution is 0.0696. The number of hydrogen-bond donors (Lipinski definition) is 2. The normalized spacial score (nSPS) is 9.95. The topological polar surface area (TPSA) is 103 Å². The highest BCUT2D eigenvalue weighted by Crippen LogP contribution is 2.27. The van der Waals surface area contributed by atoms with Gasteiger partial charge in [-0.2, -0.15) is 5.26 Å². The highest BCUT2D eigenvalue weighted by Gasteiger charge is 2.14. The van der Waals surface area contributed by atoms with Gasteiger partial charge in [-0.25, -0.2) is 4.79 Å². The lowest BCUT2D eigenvalue weighted by atomic mass is 9.99. The Bertz CT molecular complexity index is 815. The third kappa shape index (κ3) is 2.77. The predicted octanol–water partition coefficient (Wildman–Crippen LogP) is 1.93. The number of rotatable bonds is 3. The Balaban J connectivity index is 2.78. The van der Waals surface area contributed by atoms with Crippen LogP contribution >= 0.6 is 0 Å². The van der Waals surface area contributed by atoms with Gasteiger partial charge in [-0.1, -0.05) is 0 Å². The second-order valence-corrected chi connectivity index (χ2v) is 4.44. The summed E-state index contributed by atoms with van der Waals surface area (Å²) in [6.07, 6.45) is 0. The maximum absolute atomic E-state index is 11.8. The molecule has 6 heteroatoms. The van der Waals surface area contributed by atoms with Crippen LogP contribution in [0.15, 0.2) is 29.1 Å². The van der Waals surface area contributed by atoms with E-state index < -0.39 is 11.5 Å². The van der Waals surface area contributed by atoms with E-state index in [9.17, 15) is 9.59 Å². The summed E-state index contributed by atoms with van der Waals surface area (Å²) >= 11 is 0. The van der Waals surface area contributed by atoms with Crippen molar-refractivity contribution in [3.63, 3.8) is 0 Å². The number of aryl methyl sites for hydroxylation is 1. The van der Waals surface area contributed by atoms with Crippen LogP contribution in [0.5, 0.6) is 5.75 Å². The standard InChI is InChI=1S/C15H12N2O4/c1-8-3-12(13(7-16)14(18)17-8)9-4-10(15(19)20)6-11(5-9)21-2/h3-6H,1-2H3,(H,17,18)(H,19,20). The lowest BCUT2D eigenvalue weighted by Crippen LogP contribution is -2.13. The molecule has 0 atom stereocenters. The Kier molecular flexibility index (Phi) is 3.76. The number of hydrogen-bond acceptors (Lipinski definition) is 4. The van der Waals surface area contributed by atoms with Crippen LogP contribution < -0.4 is 10.3 Å². The van der Waals surface area contributed by atoms with Gasteiger partial charge in [-0.3, -0.25) is 4.79 Å². The van der Waals surface area contributed by atoms with Crippen molar-refractivity contribution >= 4 is 5.97 Å². The molecule has 21 heavy (non-hydrogen) atoms. The molecule has 1 aromatic heterocycles. The average molecular weight is 284 g/mol. The minimum absolute atomic E-state index is 0.0196. The average Bonchev–Trinajstić information content (AvgIpc) is 2.45. The molecular formula is C15H12N2O4. The zero-order valence-corrected chi connectivity index (χ0v) is 11.4. The molecule has 0 aliphatic carbocycles. The molecular weight excluding hydrogens is 272 g/mol. The SMILES string of the molecule is COc1cc(C(=O)O)cc(-c2cc(C)[nH]c(=O)c2C#N)c1. The third-order valence-electron chi connectivity index (χ3n) is 2.98. The number of methoxy groups -OCH3 is 1. The van der Waals surface area contributed by atoms with Gasteiger partial charge < -0.3 is 14.8 Å². The molecule has 0 amide bonds. The molecule has 0 spiro atoms. The molecule has 0 fully saturated rings. The second kappa shape index (κ2) is 5.51. The lowest BCUT2D eigenvalue weighted by Gasteiger charge is -2.09. The van der Waals surface area contributed by atoms with E-state index >= 15 is 0 Å². The number of aromatic nitrogens is 1. The first kappa shape index (κ1) is 14.3. The Labute approximate surface area is 120 Å². The van der Waals surface area contributed by atoms with Crippen LogP contribution in [0, 0.1) is 18.3 Å². The summed E-state index contributed by atoms with van der Waals surface area (Å²) in [4.78, 5) is 25.5. The molecule has 0 bridgehead atoms. The van der Waals surface area contributed by atoms with E-state index in [0.29, 0.717) is 22.6 Å². The molecule has 0 unspecified atom stereocenters. The van der Waals surface area contributed by atoms with E-state index in [-0.39, 0.29) is 11.1 Å². The fourth-order valence-corrected chi connectivity index (χ4v) is 2.02. The molecule has 6 nitrogen and oxygen atoms in total. The van der Waals surface area contributed by atoms with Crippen molar-refractivity contribution < 1.29 is 14.6 Å². The second-order valence-electron chi connectivity index (χ2n) is 4.44. The predicted molar refractivity (Wildman–Crippen MR) is 75.5 cm³/mol. The molecule has 2 aromatic rings. The summed E-state index contributed by atoms with van der Waals surface area (Å²) in [6, 6.07) is 7.83. The summed E-state index contributed by atoms with van der Waals surface area (Å²) in [5.74, 6) is -0.776. The van der Waals surface area contributed by atoms with Gasteiger partial charge in [0.25, 0.3) is 5.56 Å². The minimum atomic E-state index is -1.12. The number of carboxylic acids is 1. The molecule has 0 saturated heterocycles. The molecule has 1 heterocycles. The highest BCUT2D eigenvalue weighted by atomic mass is 16.5. The zero-order valence-electron chi connectivity index (χ0n) is 11.4. The van der Waals surface area contributed by atoms with Crippen molar-refractivity contribution in [2.24, 2.45) is 0 Å². The van der Waals surface area contributed by atoms with Crippen LogP contribution in [-0.2, 0) is 0 Å². The van der Waals surface area contributed by atoms with Gasteiger partial charge in [0.15, 0.2) is 0 Å². The first-order valence-electron chi connectivity index (χ1n) is 6.03. The summed E-state index contributed by atoms with van der Waals surface area (Å²) in [7, 11) is 1.42. The van der Waals surface area contributed by atoms with Crippen LogP contribution in [0.3, 0.4) is 0 Å². The number of ether oxygens (including phenoxy) is 1. The zero-order chi connectivity index (χ0) is 15.6. The van der Waals surface area contributed by atoms with Crippen molar-refractivity contribution in [3.8, 4) is 22.9 Å². The maximum atomic E-state index is 11.8. The van der Waals surface area contributed by atoms with E-state index in [2.05, 4.69) is 4.98 Å².